The summed E-state index contributed by atoms with van der Waals surface area (Å²) in [6.07, 6.45) is 13.1. The zero-order valence-electron chi connectivity index (χ0n) is 26.6. The van der Waals surface area contributed by atoms with E-state index in [1.54, 1.807) is 13.8 Å². The summed E-state index contributed by atoms with van der Waals surface area (Å²) >= 11 is 0. The maximum absolute atomic E-state index is 11.4. The van der Waals surface area contributed by atoms with Crippen molar-refractivity contribution >= 4 is 0 Å². The topological polar surface area (TPSA) is 69.9 Å². The van der Waals surface area contributed by atoms with Crippen LogP contribution in [0.15, 0.2) is 11.6 Å². The molecule has 38 heavy (non-hydrogen) atoms. The molecule has 0 aliphatic heterocycles. The molecular weight excluding hydrogens is 472 g/mol. The van der Waals surface area contributed by atoms with Crippen molar-refractivity contribution in [3.8, 4) is 0 Å². The van der Waals surface area contributed by atoms with E-state index in [0.29, 0.717) is 28.6 Å². The molecule has 0 bridgehead atoms. The predicted octanol–water partition coefficient (Wildman–Crippen LogP) is 7.69. The molecule has 4 nitrogen and oxygen atoms in total. The number of ether oxygens (including phenoxy) is 1. The first kappa shape index (κ1) is 32.1. The molecule has 0 amide bonds. The lowest BCUT2D eigenvalue weighted by Gasteiger charge is -2.63. The van der Waals surface area contributed by atoms with Crippen molar-refractivity contribution in [2.24, 2.45) is 39.9 Å². The van der Waals surface area contributed by atoms with Crippen LogP contribution in [-0.2, 0) is 4.74 Å². The standard InChI is InChI=1S/C32H56O4.C2H6/c1-21(10-9-16-28(2,3)34)22-13-18-32(8)24-11-12-25-27(33)26(36-20-29(4,5)35)15-17-30(25,6)23(24)14-19-31(22,32)7;1-2/h12,21-24,26-27,33-35H,9-11,13-20H2,1-8H3;1-2H3/t21-,22?,23?,24?,26?,27?,30?,31?,32?;/m1./s1. The van der Waals surface area contributed by atoms with E-state index in [1.807, 2.05) is 27.7 Å². The van der Waals surface area contributed by atoms with Crippen molar-refractivity contribution in [1.82, 2.24) is 0 Å². The molecule has 0 aromatic heterocycles. The number of aliphatic hydroxyl groups is 3. The van der Waals surface area contributed by atoms with Crippen molar-refractivity contribution in [3.05, 3.63) is 11.6 Å². The first-order valence-electron chi connectivity index (χ1n) is 16.0. The maximum Gasteiger partial charge on any atom is 0.102 e. The highest BCUT2D eigenvalue weighted by molar-refractivity contribution is 5.30. The molecule has 0 aromatic carbocycles. The lowest BCUT2D eigenvalue weighted by atomic mass is 9.42. The van der Waals surface area contributed by atoms with Gasteiger partial charge in [-0.3, -0.25) is 0 Å². The van der Waals surface area contributed by atoms with Crippen LogP contribution in [0.25, 0.3) is 0 Å². The highest BCUT2D eigenvalue weighted by Gasteiger charge is 2.65. The Morgan fingerprint density at radius 2 is 1.55 bits per heavy atom. The Bertz CT molecular complexity index is 821. The van der Waals surface area contributed by atoms with Crippen LogP contribution < -0.4 is 0 Å². The normalized spacial score (nSPS) is 41.7. The Labute approximate surface area is 235 Å². The number of aliphatic hydroxyl groups excluding tert-OH is 1. The third-order valence-electron chi connectivity index (χ3n) is 11.9. The Balaban J connectivity index is 0.00000195. The summed E-state index contributed by atoms with van der Waals surface area (Å²) in [4.78, 5) is 0. The largest absolute Gasteiger partial charge is 0.390 e. The van der Waals surface area contributed by atoms with Crippen molar-refractivity contribution in [2.45, 2.75) is 157 Å². The molecule has 0 spiro atoms. The van der Waals surface area contributed by atoms with Crippen LogP contribution in [0.5, 0.6) is 0 Å². The second-order valence-electron chi connectivity index (χ2n) is 15.4. The summed E-state index contributed by atoms with van der Waals surface area (Å²) in [6.45, 7) is 21.8. The van der Waals surface area contributed by atoms with Gasteiger partial charge in [0.15, 0.2) is 0 Å². The molecule has 0 heterocycles. The van der Waals surface area contributed by atoms with Gasteiger partial charge in [-0.1, -0.05) is 60.5 Å². The number of fused-ring (bicyclic) bond motifs is 5. The second-order valence-corrected chi connectivity index (χ2v) is 15.4. The lowest BCUT2D eigenvalue weighted by Crippen LogP contribution is -2.57. The van der Waals surface area contributed by atoms with E-state index >= 15 is 0 Å². The highest BCUT2D eigenvalue weighted by Crippen LogP contribution is 2.72. The van der Waals surface area contributed by atoms with Gasteiger partial charge in [0.05, 0.1) is 23.9 Å². The van der Waals surface area contributed by atoms with Gasteiger partial charge in [-0.25, -0.2) is 0 Å². The van der Waals surface area contributed by atoms with Gasteiger partial charge in [0.1, 0.15) is 6.10 Å². The summed E-state index contributed by atoms with van der Waals surface area (Å²) in [5.41, 5.74) is 0.552. The summed E-state index contributed by atoms with van der Waals surface area (Å²) in [5.74, 6) is 2.77. The van der Waals surface area contributed by atoms with Crippen LogP contribution in [0.2, 0.25) is 0 Å². The van der Waals surface area contributed by atoms with Gasteiger partial charge in [-0.2, -0.15) is 0 Å². The molecule has 222 valence electrons. The van der Waals surface area contributed by atoms with Crippen LogP contribution in [0.1, 0.15) is 133 Å². The average Bonchev–Trinajstić information content (AvgIpc) is 3.10. The minimum absolute atomic E-state index is 0.0533. The van der Waals surface area contributed by atoms with Crippen LogP contribution in [0.3, 0.4) is 0 Å². The van der Waals surface area contributed by atoms with E-state index < -0.39 is 17.3 Å². The lowest BCUT2D eigenvalue weighted by molar-refractivity contribution is -0.139. The van der Waals surface area contributed by atoms with E-state index in [1.165, 1.54) is 37.7 Å². The molecule has 0 radical (unpaired) electrons. The van der Waals surface area contributed by atoms with Crippen LogP contribution >= 0.6 is 0 Å². The van der Waals surface area contributed by atoms with Gasteiger partial charge < -0.3 is 20.1 Å². The second kappa shape index (κ2) is 11.5. The van der Waals surface area contributed by atoms with Gasteiger partial charge in [0.2, 0.25) is 0 Å². The monoisotopic (exact) mass is 534 g/mol. The fourth-order valence-corrected chi connectivity index (χ4v) is 9.60. The molecule has 8 unspecified atom stereocenters. The Morgan fingerprint density at radius 1 is 0.921 bits per heavy atom. The van der Waals surface area contributed by atoms with E-state index in [-0.39, 0.29) is 18.1 Å². The van der Waals surface area contributed by atoms with Gasteiger partial charge >= 0.3 is 0 Å². The summed E-state index contributed by atoms with van der Waals surface area (Å²) in [7, 11) is 0. The number of hydrogen-bond donors (Lipinski definition) is 3. The van der Waals surface area contributed by atoms with Crippen molar-refractivity contribution in [2.75, 3.05) is 6.61 Å². The summed E-state index contributed by atoms with van der Waals surface area (Å²) in [5, 5.41) is 31.7. The third kappa shape index (κ3) is 5.95. The SMILES string of the molecule is CC.C[C@H](CCCC(C)(C)O)C1CCC2(C)C3CC=C4C(O)C(OCC(C)(C)O)CCC4(C)C3CCC12C. The van der Waals surface area contributed by atoms with Crippen LogP contribution in [-0.4, -0.2) is 45.3 Å². The van der Waals surface area contributed by atoms with Crippen LogP contribution in [0, 0.1) is 39.9 Å². The zero-order valence-corrected chi connectivity index (χ0v) is 26.6. The number of rotatable bonds is 8. The van der Waals surface area contributed by atoms with E-state index in [4.69, 9.17) is 4.74 Å². The molecule has 4 aliphatic carbocycles. The highest BCUT2D eigenvalue weighted by atomic mass is 16.5. The fourth-order valence-electron chi connectivity index (χ4n) is 9.60. The molecular formula is C34H62O4. The van der Waals surface area contributed by atoms with Gasteiger partial charge in [0.25, 0.3) is 0 Å². The first-order valence-corrected chi connectivity index (χ1v) is 16.0. The molecule has 3 fully saturated rings. The van der Waals surface area contributed by atoms with Gasteiger partial charge in [-0.15, -0.1) is 0 Å². The molecule has 4 rings (SSSR count). The molecule has 0 aromatic rings. The molecule has 4 heteroatoms. The average molecular weight is 535 g/mol. The maximum atomic E-state index is 11.4. The predicted molar refractivity (Wildman–Crippen MR) is 158 cm³/mol. The van der Waals surface area contributed by atoms with Crippen molar-refractivity contribution < 1.29 is 20.1 Å². The van der Waals surface area contributed by atoms with Crippen LogP contribution in [0.4, 0.5) is 0 Å². The summed E-state index contributed by atoms with van der Waals surface area (Å²) < 4.78 is 6.03. The number of allylic oxidation sites excluding steroid dienone is 1. The molecule has 0 saturated heterocycles. The van der Waals surface area contributed by atoms with E-state index in [0.717, 1.165) is 38.0 Å². The quantitative estimate of drug-likeness (QED) is 0.279. The Hall–Kier alpha value is -0.420. The number of hydrogen-bond acceptors (Lipinski definition) is 4. The third-order valence-corrected chi connectivity index (χ3v) is 11.9. The molecule has 4 aliphatic rings. The van der Waals surface area contributed by atoms with E-state index in [2.05, 4.69) is 33.8 Å². The molecule has 3 N–H and O–H groups in total. The Morgan fingerprint density at radius 3 is 2.16 bits per heavy atom. The summed E-state index contributed by atoms with van der Waals surface area (Å²) in [6, 6.07) is 0. The van der Waals surface area contributed by atoms with Crippen molar-refractivity contribution in [3.63, 3.8) is 0 Å². The minimum atomic E-state index is -0.876. The van der Waals surface area contributed by atoms with Gasteiger partial charge in [-0.05, 0) is 125 Å². The first-order chi connectivity index (χ1) is 17.5. The van der Waals surface area contributed by atoms with Gasteiger partial charge in [0, 0.05) is 0 Å². The molecule has 3 saturated carbocycles. The zero-order chi connectivity index (χ0) is 28.7. The van der Waals surface area contributed by atoms with E-state index in [9.17, 15) is 15.3 Å². The molecule has 9 atom stereocenters. The Kier molecular flexibility index (Phi) is 9.68. The fraction of sp³-hybridized carbons (Fsp3) is 0.941. The smallest absolute Gasteiger partial charge is 0.102 e. The minimum Gasteiger partial charge on any atom is -0.390 e. The van der Waals surface area contributed by atoms with Crippen molar-refractivity contribution in [1.29, 1.82) is 0 Å².